The predicted molar refractivity (Wildman–Crippen MR) is 70.5 cm³/mol. The van der Waals surface area contributed by atoms with Crippen LogP contribution in [0.2, 0.25) is 0 Å². The van der Waals surface area contributed by atoms with Crippen molar-refractivity contribution in [2.75, 3.05) is 33.0 Å². The van der Waals surface area contributed by atoms with Gasteiger partial charge in [0.2, 0.25) is 0 Å². The number of rotatable bonds is 6. The molecule has 1 unspecified atom stereocenters. The number of nitrogen functional groups attached to an aromatic ring is 1. The second-order valence-electron chi connectivity index (χ2n) is 4.42. The van der Waals surface area contributed by atoms with Crippen molar-refractivity contribution in [2.45, 2.75) is 13.0 Å². The standard InChI is InChI=1S/C13H20N2O3/c1-10(8-15(2)3)18-13(16)9-17-12-6-4-5-11(14)7-12/h4-7,10H,8-9,14H2,1-3H3. The van der Waals surface area contributed by atoms with Gasteiger partial charge in [-0.1, -0.05) is 6.07 Å². The van der Waals surface area contributed by atoms with Crippen LogP contribution in [0.4, 0.5) is 5.69 Å². The van der Waals surface area contributed by atoms with Crippen molar-refractivity contribution in [3.05, 3.63) is 24.3 Å². The molecule has 0 heterocycles. The molecule has 0 aromatic heterocycles. The lowest BCUT2D eigenvalue weighted by Gasteiger charge is -2.17. The number of benzene rings is 1. The zero-order chi connectivity index (χ0) is 13.5. The number of anilines is 1. The van der Waals surface area contributed by atoms with Gasteiger partial charge in [0.25, 0.3) is 0 Å². The molecule has 0 radical (unpaired) electrons. The number of carbonyl (C=O) groups is 1. The van der Waals surface area contributed by atoms with Gasteiger partial charge in [0.05, 0.1) is 0 Å². The van der Waals surface area contributed by atoms with E-state index in [2.05, 4.69) is 0 Å². The fraction of sp³-hybridized carbons (Fsp3) is 0.462. The average Bonchev–Trinajstić information content (AvgIpc) is 2.25. The van der Waals surface area contributed by atoms with Crippen LogP contribution < -0.4 is 10.5 Å². The van der Waals surface area contributed by atoms with E-state index >= 15 is 0 Å². The molecule has 5 heteroatoms. The number of nitrogens with two attached hydrogens (primary N) is 1. The third kappa shape index (κ3) is 5.54. The molecule has 100 valence electrons. The van der Waals surface area contributed by atoms with Crippen molar-refractivity contribution < 1.29 is 14.3 Å². The van der Waals surface area contributed by atoms with Crippen molar-refractivity contribution in [1.82, 2.24) is 4.90 Å². The minimum Gasteiger partial charge on any atom is -0.482 e. The molecule has 0 amide bonds. The zero-order valence-electron chi connectivity index (χ0n) is 11.1. The number of hydrogen-bond donors (Lipinski definition) is 1. The van der Waals surface area contributed by atoms with Gasteiger partial charge in [-0.25, -0.2) is 4.79 Å². The van der Waals surface area contributed by atoms with E-state index in [1.807, 2.05) is 25.9 Å². The van der Waals surface area contributed by atoms with Crippen molar-refractivity contribution >= 4 is 11.7 Å². The van der Waals surface area contributed by atoms with Crippen molar-refractivity contribution in [3.8, 4) is 5.75 Å². The van der Waals surface area contributed by atoms with Gasteiger partial charge in [-0.2, -0.15) is 0 Å². The van der Waals surface area contributed by atoms with Crippen molar-refractivity contribution in [1.29, 1.82) is 0 Å². The molecule has 1 atom stereocenters. The van der Waals surface area contributed by atoms with Gasteiger partial charge in [-0.15, -0.1) is 0 Å². The minimum absolute atomic E-state index is 0.110. The summed E-state index contributed by atoms with van der Waals surface area (Å²) in [7, 11) is 3.85. The molecule has 2 N–H and O–H groups in total. The van der Waals surface area contributed by atoms with Crippen LogP contribution in [0, 0.1) is 0 Å². The van der Waals surface area contributed by atoms with E-state index in [-0.39, 0.29) is 18.7 Å². The third-order valence-corrected chi connectivity index (χ3v) is 2.17. The largest absolute Gasteiger partial charge is 0.482 e. The summed E-state index contributed by atoms with van der Waals surface area (Å²) < 4.78 is 10.5. The van der Waals surface area contributed by atoms with Crippen LogP contribution in [0.15, 0.2) is 24.3 Å². The Morgan fingerprint density at radius 2 is 2.17 bits per heavy atom. The monoisotopic (exact) mass is 252 g/mol. The summed E-state index contributed by atoms with van der Waals surface area (Å²) in [6.07, 6.45) is -0.156. The number of hydrogen-bond acceptors (Lipinski definition) is 5. The molecule has 0 aliphatic heterocycles. The summed E-state index contributed by atoms with van der Waals surface area (Å²) in [6, 6.07) is 6.93. The van der Waals surface area contributed by atoms with Crippen molar-refractivity contribution in [3.63, 3.8) is 0 Å². The van der Waals surface area contributed by atoms with Crippen LogP contribution >= 0.6 is 0 Å². The molecule has 5 nitrogen and oxygen atoms in total. The van der Waals surface area contributed by atoms with Crippen LogP contribution in [0.3, 0.4) is 0 Å². The van der Waals surface area contributed by atoms with Gasteiger partial charge >= 0.3 is 5.97 Å². The van der Waals surface area contributed by atoms with E-state index < -0.39 is 0 Å². The summed E-state index contributed by atoms with van der Waals surface area (Å²) in [5.41, 5.74) is 6.20. The molecule has 1 rings (SSSR count). The summed E-state index contributed by atoms with van der Waals surface area (Å²) >= 11 is 0. The first-order chi connectivity index (χ1) is 8.47. The Balaban J connectivity index is 2.33. The minimum atomic E-state index is -0.383. The Labute approximate surface area is 107 Å². The summed E-state index contributed by atoms with van der Waals surface area (Å²) in [5.74, 6) is 0.180. The highest BCUT2D eigenvalue weighted by Gasteiger charge is 2.11. The van der Waals surface area contributed by atoms with Crippen LogP contribution in [-0.2, 0) is 9.53 Å². The molecule has 0 aliphatic carbocycles. The maximum absolute atomic E-state index is 11.5. The molecular weight excluding hydrogens is 232 g/mol. The molecule has 18 heavy (non-hydrogen) atoms. The average molecular weight is 252 g/mol. The molecule has 0 fully saturated rings. The second kappa shape index (κ2) is 6.86. The van der Waals surface area contributed by atoms with Gasteiger partial charge in [-0.3, -0.25) is 0 Å². The van der Waals surface area contributed by atoms with Crippen LogP contribution in [0.25, 0.3) is 0 Å². The van der Waals surface area contributed by atoms with Gasteiger partial charge in [0, 0.05) is 18.3 Å². The molecular formula is C13H20N2O3. The van der Waals surface area contributed by atoms with E-state index in [9.17, 15) is 4.79 Å². The Morgan fingerprint density at radius 1 is 1.44 bits per heavy atom. The predicted octanol–water partition coefficient (Wildman–Crippen LogP) is 1.14. The normalized spacial score (nSPS) is 12.2. The molecule has 0 saturated carbocycles. The Kier molecular flexibility index (Phi) is 5.45. The van der Waals surface area contributed by atoms with Crippen LogP contribution in [0.1, 0.15) is 6.92 Å². The van der Waals surface area contributed by atoms with E-state index in [1.54, 1.807) is 24.3 Å². The first-order valence-corrected chi connectivity index (χ1v) is 5.80. The van der Waals surface area contributed by atoms with Crippen LogP contribution in [0.5, 0.6) is 5.75 Å². The fourth-order valence-corrected chi connectivity index (χ4v) is 1.56. The Bertz CT molecular complexity index is 394. The second-order valence-corrected chi connectivity index (χ2v) is 4.42. The quantitative estimate of drug-likeness (QED) is 0.607. The summed E-state index contributed by atoms with van der Waals surface area (Å²) in [4.78, 5) is 13.5. The number of ether oxygens (including phenoxy) is 2. The van der Waals surface area contributed by atoms with E-state index in [4.69, 9.17) is 15.2 Å². The van der Waals surface area contributed by atoms with E-state index in [1.165, 1.54) is 0 Å². The van der Waals surface area contributed by atoms with Gasteiger partial charge < -0.3 is 20.1 Å². The van der Waals surface area contributed by atoms with E-state index in [0.717, 1.165) is 0 Å². The topological polar surface area (TPSA) is 64.8 Å². The first-order valence-electron chi connectivity index (χ1n) is 5.80. The maximum Gasteiger partial charge on any atom is 0.344 e. The van der Waals surface area contributed by atoms with Gasteiger partial charge in [-0.05, 0) is 33.2 Å². The molecule has 0 bridgehead atoms. The molecule has 0 saturated heterocycles. The smallest absolute Gasteiger partial charge is 0.344 e. The number of carbonyl (C=O) groups excluding carboxylic acids is 1. The highest BCUT2D eigenvalue weighted by atomic mass is 16.6. The van der Waals surface area contributed by atoms with E-state index in [0.29, 0.717) is 18.0 Å². The lowest BCUT2D eigenvalue weighted by Crippen LogP contribution is -2.29. The maximum atomic E-state index is 11.5. The zero-order valence-corrected chi connectivity index (χ0v) is 11.1. The molecule has 1 aromatic carbocycles. The molecule has 0 aliphatic rings. The lowest BCUT2D eigenvalue weighted by atomic mass is 10.3. The molecule has 0 spiro atoms. The van der Waals surface area contributed by atoms with Crippen molar-refractivity contribution in [2.24, 2.45) is 0 Å². The number of esters is 1. The Morgan fingerprint density at radius 3 is 2.78 bits per heavy atom. The molecule has 1 aromatic rings. The number of likely N-dealkylation sites (N-methyl/N-ethyl adjacent to an activating group) is 1. The Hall–Kier alpha value is -1.75. The highest BCUT2D eigenvalue weighted by Crippen LogP contribution is 2.14. The fourth-order valence-electron chi connectivity index (χ4n) is 1.56. The van der Waals surface area contributed by atoms with Gasteiger partial charge in [0.1, 0.15) is 11.9 Å². The van der Waals surface area contributed by atoms with Crippen LogP contribution in [-0.4, -0.2) is 44.2 Å². The first kappa shape index (κ1) is 14.3. The highest BCUT2D eigenvalue weighted by molar-refractivity contribution is 5.71. The van der Waals surface area contributed by atoms with Gasteiger partial charge in [0.15, 0.2) is 6.61 Å². The number of nitrogens with zero attached hydrogens (tertiary/aromatic N) is 1. The third-order valence-electron chi connectivity index (χ3n) is 2.17. The lowest BCUT2D eigenvalue weighted by molar-refractivity contribution is -0.151. The summed E-state index contributed by atoms with van der Waals surface area (Å²) in [5, 5.41) is 0. The SMILES string of the molecule is CC(CN(C)C)OC(=O)COc1cccc(N)c1. The summed E-state index contributed by atoms with van der Waals surface area (Å²) in [6.45, 7) is 2.42.